The molecule has 3 heterocycles. The molecule has 1 saturated heterocycles. The Labute approximate surface area is 112 Å². The number of pyridine rings is 1. The van der Waals surface area contributed by atoms with Crippen molar-refractivity contribution in [1.29, 1.82) is 0 Å². The molecule has 1 unspecified atom stereocenters. The van der Waals surface area contributed by atoms with Crippen LogP contribution in [-0.2, 0) is 22.8 Å². The third kappa shape index (κ3) is 2.37. The fourth-order valence-electron chi connectivity index (χ4n) is 2.78. The molecule has 0 saturated carbocycles. The summed E-state index contributed by atoms with van der Waals surface area (Å²) in [7, 11) is -2.83. The van der Waals surface area contributed by atoms with Gasteiger partial charge >= 0.3 is 0 Å². The van der Waals surface area contributed by atoms with Gasteiger partial charge in [0.2, 0.25) is 0 Å². The average Bonchev–Trinajstić information content (AvgIpc) is 2.93. The van der Waals surface area contributed by atoms with Gasteiger partial charge < -0.3 is 5.73 Å². The zero-order valence-electron chi connectivity index (χ0n) is 10.6. The molecule has 1 aliphatic rings. The summed E-state index contributed by atoms with van der Waals surface area (Å²) in [6.45, 7) is 0.448. The molecule has 0 amide bonds. The van der Waals surface area contributed by atoms with Gasteiger partial charge in [-0.2, -0.15) is 0 Å². The number of nitrogens with zero attached hydrogens (tertiary/aromatic N) is 2. The highest BCUT2D eigenvalue weighted by molar-refractivity contribution is 7.91. The lowest BCUT2D eigenvalue weighted by Gasteiger charge is -2.09. The zero-order chi connectivity index (χ0) is 13.5. The Balaban J connectivity index is 1.93. The first kappa shape index (κ1) is 12.6. The molecule has 0 bridgehead atoms. The molecule has 5 nitrogen and oxygen atoms in total. The maximum absolute atomic E-state index is 11.5. The summed E-state index contributed by atoms with van der Waals surface area (Å²) >= 11 is 0. The van der Waals surface area contributed by atoms with Crippen molar-refractivity contribution in [3.8, 4) is 0 Å². The molecule has 0 spiro atoms. The molecular formula is C13H17N3O2S. The van der Waals surface area contributed by atoms with E-state index < -0.39 is 9.84 Å². The first-order valence-corrected chi connectivity index (χ1v) is 8.26. The van der Waals surface area contributed by atoms with E-state index >= 15 is 0 Å². The van der Waals surface area contributed by atoms with E-state index in [-0.39, 0.29) is 11.7 Å². The maximum Gasteiger partial charge on any atom is 0.150 e. The van der Waals surface area contributed by atoms with Crippen molar-refractivity contribution in [2.24, 2.45) is 11.7 Å². The van der Waals surface area contributed by atoms with E-state index in [1.807, 2.05) is 28.8 Å². The number of hydrogen-bond donors (Lipinski definition) is 1. The van der Waals surface area contributed by atoms with E-state index in [0.717, 1.165) is 23.5 Å². The number of aromatic nitrogens is 2. The minimum atomic E-state index is -2.83. The lowest BCUT2D eigenvalue weighted by molar-refractivity contribution is 0.566. The van der Waals surface area contributed by atoms with Crippen LogP contribution in [0, 0.1) is 5.92 Å². The Morgan fingerprint density at radius 2 is 2.26 bits per heavy atom. The van der Waals surface area contributed by atoms with Gasteiger partial charge in [-0.25, -0.2) is 13.4 Å². The van der Waals surface area contributed by atoms with E-state index in [9.17, 15) is 8.42 Å². The van der Waals surface area contributed by atoms with Crippen molar-refractivity contribution in [3.05, 3.63) is 35.9 Å². The molecule has 2 aromatic rings. The highest BCUT2D eigenvalue weighted by Crippen LogP contribution is 2.23. The van der Waals surface area contributed by atoms with Crippen molar-refractivity contribution in [1.82, 2.24) is 9.38 Å². The van der Waals surface area contributed by atoms with Crippen LogP contribution in [0.25, 0.3) is 5.52 Å². The van der Waals surface area contributed by atoms with Gasteiger partial charge in [0.05, 0.1) is 23.2 Å². The zero-order valence-corrected chi connectivity index (χ0v) is 11.4. The fourth-order valence-corrected chi connectivity index (χ4v) is 4.64. The predicted molar refractivity (Wildman–Crippen MR) is 73.5 cm³/mol. The molecule has 0 aliphatic carbocycles. The van der Waals surface area contributed by atoms with Crippen LogP contribution in [0.3, 0.4) is 0 Å². The lowest BCUT2D eigenvalue weighted by Crippen LogP contribution is -2.12. The van der Waals surface area contributed by atoms with Crippen molar-refractivity contribution in [2.75, 3.05) is 11.5 Å². The summed E-state index contributed by atoms with van der Waals surface area (Å²) in [4.78, 5) is 4.43. The topological polar surface area (TPSA) is 77.5 Å². The van der Waals surface area contributed by atoms with Crippen LogP contribution < -0.4 is 5.73 Å². The monoisotopic (exact) mass is 279 g/mol. The normalized spacial score (nSPS) is 22.1. The molecule has 1 aliphatic heterocycles. The summed E-state index contributed by atoms with van der Waals surface area (Å²) in [5, 5.41) is 0. The molecule has 0 aromatic carbocycles. The van der Waals surface area contributed by atoms with Crippen LogP contribution >= 0.6 is 0 Å². The second kappa shape index (κ2) is 4.61. The summed E-state index contributed by atoms with van der Waals surface area (Å²) in [5.41, 5.74) is 7.77. The maximum atomic E-state index is 11.5. The molecule has 2 N–H and O–H groups in total. The molecule has 1 fully saturated rings. The largest absolute Gasteiger partial charge is 0.325 e. The van der Waals surface area contributed by atoms with Gasteiger partial charge in [-0.3, -0.25) is 4.40 Å². The Morgan fingerprint density at radius 1 is 1.42 bits per heavy atom. The van der Waals surface area contributed by atoms with Crippen molar-refractivity contribution in [2.45, 2.75) is 19.4 Å². The first-order chi connectivity index (χ1) is 9.09. The highest BCUT2D eigenvalue weighted by Gasteiger charge is 2.28. The van der Waals surface area contributed by atoms with E-state index in [0.29, 0.717) is 18.7 Å². The van der Waals surface area contributed by atoms with Crippen LogP contribution in [0.4, 0.5) is 0 Å². The van der Waals surface area contributed by atoms with Gasteiger partial charge in [0.15, 0.2) is 9.84 Å². The SMILES string of the molecule is NCc1cccc2cnc(CC3CCS(=O)(=O)C3)n12. The van der Waals surface area contributed by atoms with Crippen LogP contribution in [0.5, 0.6) is 0 Å². The Kier molecular flexibility index (Phi) is 3.06. The minimum Gasteiger partial charge on any atom is -0.325 e. The van der Waals surface area contributed by atoms with Crippen molar-refractivity contribution < 1.29 is 8.42 Å². The van der Waals surface area contributed by atoms with Crippen molar-refractivity contribution >= 4 is 15.4 Å². The number of nitrogens with two attached hydrogens (primary N) is 1. The second-order valence-electron chi connectivity index (χ2n) is 5.13. The Bertz CT molecular complexity index is 706. The Morgan fingerprint density at radius 3 is 2.95 bits per heavy atom. The standard InChI is InChI=1S/C13H17N3O2S/c14-7-11-2-1-3-12-8-15-13(16(11)12)6-10-4-5-19(17,18)9-10/h1-3,8,10H,4-7,9,14H2. The fraction of sp³-hybridized carbons (Fsp3) is 0.462. The van der Waals surface area contributed by atoms with Crippen LogP contribution in [0.15, 0.2) is 24.4 Å². The van der Waals surface area contributed by atoms with Gasteiger partial charge in [-0.15, -0.1) is 0 Å². The lowest BCUT2D eigenvalue weighted by atomic mass is 10.1. The number of imidazole rings is 1. The van der Waals surface area contributed by atoms with Crippen molar-refractivity contribution in [3.63, 3.8) is 0 Å². The molecule has 6 heteroatoms. The smallest absolute Gasteiger partial charge is 0.150 e. The van der Waals surface area contributed by atoms with Gasteiger partial charge in [0.1, 0.15) is 5.82 Å². The summed E-state index contributed by atoms with van der Waals surface area (Å²) in [6.07, 6.45) is 3.25. The minimum absolute atomic E-state index is 0.182. The summed E-state index contributed by atoms with van der Waals surface area (Å²) in [5.74, 6) is 1.69. The molecule has 0 radical (unpaired) electrons. The Hall–Kier alpha value is -1.40. The highest BCUT2D eigenvalue weighted by atomic mass is 32.2. The number of sulfone groups is 1. The van der Waals surface area contributed by atoms with Crippen LogP contribution in [-0.4, -0.2) is 29.3 Å². The summed E-state index contributed by atoms with van der Waals surface area (Å²) < 4.78 is 25.1. The third-order valence-corrected chi connectivity index (χ3v) is 5.55. The molecule has 2 aromatic heterocycles. The molecule has 1 atom stereocenters. The third-order valence-electron chi connectivity index (χ3n) is 3.71. The van der Waals surface area contributed by atoms with E-state index in [1.54, 1.807) is 0 Å². The molecular weight excluding hydrogens is 262 g/mol. The van der Waals surface area contributed by atoms with E-state index in [2.05, 4.69) is 4.98 Å². The van der Waals surface area contributed by atoms with Crippen LogP contribution in [0.1, 0.15) is 17.9 Å². The average molecular weight is 279 g/mol. The molecule has 102 valence electrons. The van der Waals surface area contributed by atoms with Gasteiger partial charge in [-0.1, -0.05) is 6.07 Å². The molecule has 19 heavy (non-hydrogen) atoms. The van der Waals surface area contributed by atoms with Crippen LogP contribution in [0.2, 0.25) is 0 Å². The second-order valence-corrected chi connectivity index (χ2v) is 7.36. The first-order valence-electron chi connectivity index (χ1n) is 6.44. The predicted octanol–water partition coefficient (Wildman–Crippen LogP) is 0.770. The number of rotatable bonds is 3. The number of fused-ring (bicyclic) bond motifs is 1. The molecule has 3 rings (SSSR count). The van der Waals surface area contributed by atoms with Gasteiger partial charge in [0.25, 0.3) is 0 Å². The van der Waals surface area contributed by atoms with Gasteiger partial charge in [0, 0.05) is 18.7 Å². The van der Waals surface area contributed by atoms with E-state index in [1.165, 1.54) is 0 Å². The summed E-state index contributed by atoms with van der Waals surface area (Å²) in [6, 6.07) is 5.92. The van der Waals surface area contributed by atoms with Gasteiger partial charge in [-0.05, 0) is 24.5 Å². The van der Waals surface area contributed by atoms with E-state index in [4.69, 9.17) is 5.73 Å². The number of hydrogen-bond acceptors (Lipinski definition) is 4. The quantitative estimate of drug-likeness (QED) is 0.900.